The summed E-state index contributed by atoms with van der Waals surface area (Å²) in [6.45, 7) is 5.84. The van der Waals surface area contributed by atoms with E-state index in [0.717, 1.165) is 16.9 Å². The molecular formula is C22H22Cl2FN3O3S. The number of carbonyl (C=O) groups excluding carboxylic acids is 2. The van der Waals surface area contributed by atoms with Crippen molar-refractivity contribution in [3.05, 3.63) is 68.2 Å². The van der Waals surface area contributed by atoms with E-state index in [1.807, 2.05) is 26.1 Å². The second-order valence-electron chi connectivity index (χ2n) is 7.47. The summed E-state index contributed by atoms with van der Waals surface area (Å²) in [5.41, 5.74) is 2.61. The first-order chi connectivity index (χ1) is 15.1. The van der Waals surface area contributed by atoms with Gasteiger partial charge in [0.15, 0.2) is 5.13 Å². The number of hydrogen-bond acceptors (Lipinski definition) is 5. The third kappa shape index (κ3) is 6.09. The number of anilines is 1. The van der Waals surface area contributed by atoms with Gasteiger partial charge >= 0.3 is 5.97 Å². The third-order valence-electron chi connectivity index (χ3n) is 4.67. The largest absolute Gasteiger partial charge is 0.465 e. The average molecular weight is 498 g/mol. The Morgan fingerprint density at radius 1 is 1.28 bits per heavy atom. The maximum Gasteiger partial charge on any atom is 0.302 e. The molecule has 0 spiro atoms. The molecule has 0 saturated heterocycles. The molecule has 170 valence electrons. The van der Waals surface area contributed by atoms with Crippen molar-refractivity contribution in [2.45, 2.75) is 39.7 Å². The highest BCUT2D eigenvalue weighted by molar-refractivity contribution is 7.19. The fourth-order valence-corrected chi connectivity index (χ4v) is 4.21. The molecule has 6 nitrogen and oxygen atoms in total. The van der Waals surface area contributed by atoms with E-state index in [1.54, 1.807) is 10.6 Å². The van der Waals surface area contributed by atoms with E-state index in [1.165, 1.54) is 19.1 Å². The van der Waals surface area contributed by atoms with E-state index in [2.05, 4.69) is 10.3 Å². The van der Waals surface area contributed by atoms with Crippen molar-refractivity contribution in [2.24, 2.45) is 0 Å². The van der Waals surface area contributed by atoms with Crippen molar-refractivity contribution in [1.82, 2.24) is 9.55 Å². The molecule has 3 rings (SSSR count). The standard InChI is InChI=1S/C22H22Cl2FN3O3S/c1-12(2)15-9-19(28(11-15)10-14-4-5-16(23)17(25)8-14)21(30)27-22-26-18(20(24)32-22)6-7-31-13(3)29/h4-5,8-9,11-12H,6-7,10H2,1-3H3,(H,26,27,30). The lowest BCUT2D eigenvalue weighted by Gasteiger charge is -2.09. The average Bonchev–Trinajstić information content (AvgIpc) is 3.28. The molecule has 3 aromatic rings. The number of carbonyl (C=O) groups is 2. The van der Waals surface area contributed by atoms with Gasteiger partial charge in [-0.25, -0.2) is 9.37 Å². The van der Waals surface area contributed by atoms with Crippen LogP contribution in [-0.2, 0) is 22.5 Å². The third-order valence-corrected chi connectivity index (χ3v) is 6.23. The Balaban J connectivity index is 1.80. The summed E-state index contributed by atoms with van der Waals surface area (Å²) >= 11 is 13.1. The van der Waals surface area contributed by atoms with Gasteiger partial charge in [-0.3, -0.25) is 14.9 Å². The van der Waals surface area contributed by atoms with E-state index < -0.39 is 5.82 Å². The molecule has 1 N–H and O–H groups in total. The summed E-state index contributed by atoms with van der Waals surface area (Å²) in [4.78, 5) is 28.3. The van der Waals surface area contributed by atoms with Crippen LogP contribution < -0.4 is 5.32 Å². The Hall–Kier alpha value is -2.42. The van der Waals surface area contributed by atoms with Crippen molar-refractivity contribution >= 4 is 51.5 Å². The fraction of sp³-hybridized carbons (Fsp3) is 0.318. The van der Waals surface area contributed by atoms with Crippen LogP contribution in [0.25, 0.3) is 0 Å². The number of esters is 1. The number of amides is 1. The topological polar surface area (TPSA) is 73.2 Å². The normalized spacial score (nSPS) is 11.1. The van der Waals surface area contributed by atoms with Gasteiger partial charge < -0.3 is 9.30 Å². The van der Waals surface area contributed by atoms with Crippen LogP contribution in [0.2, 0.25) is 9.36 Å². The van der Waals surface area contributed by atoms with Gasteiger partial charge in [-0.05, 0) is 35.2 Å². The van der Waals surface area contributed by atoms with E-state index in [-0.39, 0.29) is 29.4 Å². The predicted octanol–water partition coefficient (Wildman–Crippen LogP) is 5.92. The molecule has 0 unspecified atom stereocenters. The number of nitrogens with zero attached hydrogens (tertiary/aromatic N) is 2. The minimum Gasteiger partial charge on any atom is -0.465 e. The zero-order chi connectivity index (χ0) is 23.4. The zero-order valence-corrected chi connectivity index (χ0v) is 20.1. The van der Waals surface area contributed by atoms with E-state index >= 15 is 0 Å². The molecular weight excluding hydrogens is 476 g/mol. The van der Waals surface area contributed by atoms with E-state index in [9.17, 15) is 14.0 Å². The molecule has 0 saturated carbocycles. The minimum absolute atomic E-state index is 0.0484. The van der Waals surface area contributed by atoms with Gasteiger partial charge in [-0.1, -0.05) is 54.5 Å². The molecule has 0 aliphatic carbocycles. The van der Waals surface area contributed by atoms with E-state index in [0.29, 0.717) is 39.4 Å². The first kappa shape index (κ1) is 24.2. The van der Waals surface area contributed by atoms with Crippen molar-refractivity contribution in [3.8, 4) is 0 Å². The molecule has 0 radical (unpaired) electrons. The Labute approximate surface area is 199 Å². The Kier molecular flexibility index (Phi) is 7.92. The number of benzene rings is 1. The number of halogens is 3. The van der Waals surface area contributed by atoms with Crippen LogP contribution in [0.1, 0.15) is 54.0 Å². The monoisotopic (exact) mass is 497 g/mol. The number of thiazole rings is 1. The molecule has 10 heteroatoms. The first-order valence-electron chi connectivity index (χ1n) is 9.88. The van der Waals surface area contributed by atoms with Crippen LogP contribution in [0.4, 0.5) is 9.52 Å². The van der Waals surface area contributed by atoms with Gasteiger partial charge in [0.2, 0.25) is 0 Å². The molecule has 0 aliphatic rings. The molecule has 1 amide bonds. The van der Waals surface area contributed by atoms with E-state index in [4.69, 9.17) is 27.9 Å². The highest BCUT2D eigenvalue weighted by atomic mass is 35.5. The summed E-state index contributed by atoms with van der Waals surface area (Å²) in [5.74, 6) is -1.05. The number of rotatable bonds is 8. The maximum absolute atomic E-state index is 13.9. The van der Waals surface area contributed by atoms with Crippen LogP contribution in [0.5, 0.6) is 0 Å². The summed E-state index contributed by atoms with van der Waals surface area (Å²) in [6.07, 6.45) is 2.23. The van der Waals surface area contributed by atoms with Crippen LogP contribution in [0.3, 0.4) is 0 Å². The molecule has 2 aromatic heterocycles. The minimum atomic E-state index is -0.509. The first-order valence-corrected chi connectivity index (χ1v) is 11.4. The molecule has 0 atom stereocenters. The van der Waals surface area contributed by atoms with Crippen molar-refractivity contribution in [3.63, 3.8) is 0 Å². The second kappa shape index (κ2) is 10.5. The highest BCUT2D eigenvalue weighted by Crippen LogP contribution is 2.29. The Bertz CT molecular complexity index is 1140. The van der Waals surface area contributed by atoms with Crippen LogP contribution in [0.15, 0.2) is 30.5 Å². The Morgan fingerprint density at radius 3 is 2.69 bits per heavy atom. The second-order valence-corrected chi connectivity index (χ2v) is 9.48. The molecule has 2 heterocycles. The van der Waals surface area contributed by atoms with Crippen molar-refractivity contribution in [1.29, 1.82) is 0 Å². The molecule has 1 aromatic carbocycles. The lowest BCUT2D eigenvalue weighted by atomic mass is 10.1. The lowest BCUT2D eigenvalue weighted by molar-refractivity contribution is -0.140. The molecule has 0 aliphatic heterocycles. The number of nitrogens with one attached hydrogen (secondary N) is 1. The zero-order valence-electron chi connectivity index (χ0n) is 17.7. The summed E-state index contributed by atoms with van der Waals surface area (Å²) in [5, 5.41) is 3.17. The molecule has 0 fully saturated rings. The number of hydrogen-bond donors (Lipinski definition) is 1. The van der Waals surface area contributed by atoms with Crippen molar-refractivity contribution in [2.75, 3.05) is 11.9 Å². The molecule has 0 bridgehead atoms. The summed E-state index contributed by atoms with van der Waals surface area (Å²) in [6, 6.07) is 6.38. The van der Waals surface area contributed by atoms with Gasteiger partial charge in [0.05, 0.1) is 17.3 Å². The predicted molar refractivity (Wildman–Crippen MR) is 124 cm³/mol. The van der Waals surface area contributed by atoms with Crippen LogP contribution in [0, 0.1) is 5.82 Å². The van der Waals surface area contributed by atoms with Gasteiger partial charge in [0.1, 0.15) is 15.8 Å². The van der Waals surface area contributed by atoms with Gasteiger partial charge in [-0.2, -0.15) is 0 Å². The smallest absolute Gasteiger partial charge is 0.302 e. The molecule has 32 heavy (non-hydrogen) atoms. The summed E-state index contributed by atoms with van der Waals surface area (Å²) < 4.78 is 21.0. The van der Waals surface area contributed by atoms with Gasteiger partial charge in [0, 0.05) is 26.1 Å². The maximum atomic E-state index is 13.9. The fourth-order valence-electron chi connectivity index (χ4n) is 3.00. The Morgan fingerprint density at radius 2 is 2.03 bits per heavy atom. The van der Waals surface area contributed by atoms with Gasteiger partial charge in [0.25, 0.3) is 5.91 Å². The SMILES string of the molecule is CC(=O)OCCc1nc(NC(=O)c2cc(C(C)C)cn2Cc2ccc(Cl)c(F)c2)sc1Cl. The lowest BCUT2D eigenvalue weighted by Crippen LogP contribution is -2.17. The van der Waals surface area contributed by atoms with Crippen molar-refractivity contribution < 1.29 is 18.7 Å². The number of aromatic nitrogens is 2. The van der Waals surface area contributed by atoms with Crippen LogP contribution in [-0.4, -0.2) is 28.0 Å². The van der Waals surface area contributed by atoms with Gasteiger partial charge in [-0.15, -0.1) is 0 Å². The quantitative estimate of drug-likeness (QED) is 0.392. The highest BCUT2D eigenvalue weighted by Gasteiger charge is 2.19. The van der Waals surface area contributed by atoms with Crippen LogP contribution >= 0.6 is 34.5 Å². The summed E-state index contributed by atoms with van der Waals surface area (Å²) in [7, 11) is 0. The number of ether oxygens (including phenoxy) is 1.